The molecular weight excluding hydrogens is 387 g/mol. The van der Waals surface area contributed by atoms with Crippen LogP contribution in [-0.2, 0) is 10.9 Å². The number of nitrogens with two attached hydrogens (primary N) is 1. The molecule has 1 heterocycles. The van der Waals surface area contributed by atoms with Crippen LogP contribution in [0.3, 0.4) is 0 Å². The summed E-state index contributed by atoms with van der Waals surface area (Å²) >= 11 is 5.91. The summed E-state index contributed by atoms with van der Waals surface area (Å²) in [5, 5.41) is 21.7. The molecule has 2 N–H and O–H groups in total. The zero-order valence-electron chi connectivity index (χ0n) is 12.7. The van der Waals surface area contributed by atoms with Gasteiger partial charge in [0.25, 0.3) is 5.69 Å². The Balaban J connectivity index is 2.88. The SMILES string of the molecule is COC1N=C(N)C=C(Cl)N1c1c([N+](=O)[O-])cc([N+](=O)[O-])cc1C(F)(F)F. The lowest BCUT2D eigenvalue weighted by molar-refractivity contribution is -0.394. The lowest BCUT2D eigenvalue weighted by atomic mass is 10.1. The molecule has 140 valence electrons. The lowest BCUT2D eigenvalue weighted by Gasteiger charge is -2.32. The first-order valence-corrected chi connectivity index (χ1v) is 6.91. The number of anilines is 1. The molecule has 1 aromatic rings. The van der Waals surface area contributed by atoms with E-state index >= 15 is 0 Å². The average Bonchev–Trinajstić information content (AvgIpc) is 2.51. The molecule has 10 nitrogen and oxygen atoms in total. The molecule has 1 unspecified atom stereocenters. The quantitative estimate of drug-likeness (QED) is 0.470. The van der Waals surface area contributed by atoms with Crippen molar-refractivity contribution in [2.75, 3.05) is 12.0 Å². The van der Waals surface area contributed by atoms with Crippen LogP contribution in [0.2, 0.25) is 0 Å². The maximum Gasteiger partial charge on any atom is 0.418 e. The summed E-state index contributed by atoms with van der Waals surface area (Å²) in [6.07, 6.45) is -5.76. The highest BCUT2D eigenvalue weighted by Gasteiger charge is 2.44. The second-order valence-corrected chi connectivity index (χ2v) is 5.21. The predicted octanol–water partition coefficient (Wildman–Crippen LogP) is 2.71. The Hall–Kier alpha value is -2.93. The van der Waals surface area contributed by atoms with Gasteiger partial charge in [0.1, 0.15) is 16.7 Å². The van der Waals surface area contributed by atoms with Gasteiger partial charge in [-0.3, -0.25) is 25.1 Å². The second kappa shape index (κ2) is 6.76. The molecule has 0 saturated heterocycles. The molecule has 1 aliphatic heterocycles. The normalized spacial score (nSPS) is 17.6. The van der Waals surface area contributed by atoms with Crippen LogP contribution in [0.1, 0.15) is 5.56 Å². The minimum absolute atomic E-state index is 0.168. The summed E-state index contributed by atoms with van der Waals surface area (Å²) in [6, 6.07) is 0.560. The number of amidine groups is 1. The summed E-state index contributed by atoms with van der Waals surface area (Å²) in [5.41, 5.74) is 0.438. The summed E-state index contributed by atoms with van der Waals surface area (Å²) < 4.78 is 45.4. The first kappa shape index (κ1) is 19.4. The van der Waals surface area contributed by atoms with E-state index in [2.05, 4.69) is 4.99 Å². The third-order valence-corrected chi connectivity index (χ3v) is 3.51. The van der Waals surface area contributed by atoms with E-state index in [9.17, 15) is 33.4 Å². The van der Waals surface area contributed by atoms with E-state index in [0.29, 0.717) is 11.0 Å². The van der Waals surface area contributed by atoms with Crippen LogP contribution in [0.5, 0.6) is 0 Å². The number of methoxy groups -OCH3 is 1. The van der Waals surface area contributed by atoms with Gasteiger partial charge in [0.05, 0.1) is 21.5 Å². The van der Waals surface area contributed by atoms with Crippen molar-refractivity contribution >= 4 is 34.5 Å². The molecule has 0 aromatic heterocycles. The highest BCUT2D eigenvalue weighted by Crippen LogP contribution is 2.47. The van der Waals surface area contributed by atoms with E-state index in [1.165, 1.54) is 0 Å². The van der Waals surface area contributed by atoms with Gasteiger partial charge in [0, 0.05) is 19.3 Å². The number of non-ortho nitro benzene ring substituents is 1. The maximum absolute atomic E-state index is 13.5. The molecule has 0 radical (unpaired) electrons. The fourth-order valence-electron chi connectivity index (χ4n) is 2.21. The molecule has 1 aliphatic rings. The van der Waals surface area contributed by atoms with E-state index < -0.39 is 50.2 Å². The number of benzene rings is 1. The van der Waals surface area contributed by atoms with Crippen molar-refractivity contribution in [1.29, 1.82) is 0 Å². The minimum Gasteiger partial charge on any atom is -0.384 e. The molecule has 0 aliphatic carbocycles. The third kappa shape index (κ3) is 3.52. The molecule has 0 saturated carbocycles. The number of hydrogen-bond acceptors (Lipinski definition) is 8. The Kier molecular flexibility index (Phi) is 5.04. The zero-order valence-corrected chi connectivity index (χ0v) is 13.5. The van der Waals surface area contributed by atoms with E-state index in [-0.39, 0.29) is 11.9 Å². The number of nitrogens with zero attached hydrogens (tertiary/aromatic N) is 4. The first-order valence-electron chi connectivity index (χ1n) is 6.54. The average molecular weight is 396 g/mol. The summed E-state index contributed by atoms with van der Waals surface area (Å²) in [5.74, 6) is -0.184. The molecule has 26 heavy (non-hydrogen) atoms. The third-order valence-electron chi connectivity index (χ3n) is 3.22. The molecule has 0 spiro atoms. The van der Waals surface area contributed by atoms with Crippen LogP contribution in [0.4, 0.5) is 30.2 Å². The number of nitro benzene ring substituents is 2. The Morgan fingerprint density at radius 2 is 1.92 bits per heavy atom. The summed E-state index contributed by atoms with van der Waals surface area (Å²) in [6.45, 7) is 0. The molecule has 0 bridgehead atoms. The predicted molar refractivity (Wildman–Crippen MR) is 83.6 cm³/mol. The topological polar surface area (TPSA) is 137 Å². The number of hydrogen-bond donors (Lipinski definition) is 1. The van der Waals surface area contributed by atoms with E-state index in [0.717, 1.165) is 13.2 Å². The molecule has 1 aromatic carbocycles. The van der Waals surface area contributed by atoms with Crippen molar-refractivity contribution in [2.45, 2.75) is 12.5 Å². The van der Waals surface area contributed by atoms with E-state index in [1.807, 2.05) is 0 Å². The highest BCUT2D eigenvalue weighted by molar-refractivity contribution is 6.33. The van der Waals surface area contributed by atoms with Crippen molar-refractivity contribution in [3.63, 3.8) is 0 Å². The monoisotopic (exact) mass is 395 g/mol. The standard InChI is InChI=1S/C12H9ClF3N5O5/c1-26-11-18-9(17)4-8(13)19(11)10-6(12(14,15)16)2-5(20(22)23)3-7(10)21(24)25/h2-4,11H,1H3,(H2,17,18). The number of nitro groups is 2. The van der Waals surface area contributed by atoms with Gasteiger partial charge in [-0.2, -0.15) is 13.2 Å². The maximum atomic E-state index is 13.5. The van der Waals surface area contributed by atoms with E-state index in [1.54, 1.807) is 0 Å². The Morgan fingerprint density at radius 3 is 2.38 bits per heavy atom. The van der Waals surface area contributed by atoms with Crippen molar-refractivity contribution in [3.05, 3.63) is 49.2 Å². The Bertz CT molecular complexity index is 841. The van der Waals surface area contributed by atoms with Gasteiger partial charge in [-0.05, 0) is 0 Å². The summed E-state index contributed by atoms with van der Waals surface area (Å²) in [4.78, 5) is 24.1. The van der Waals surface area contributed by atoms with Crippen molar-refractivity contribution in [3.8, 4) is 0 Å². The van der Waals surface area contributed by atoms with Crippen molar-refractivity contribution < 1.29 is 27.8 Å². The van der Waals surface area contributed by atoms with Crippen LogP contribution < -0.4 is 10.6 Å². The van der Waals surface area contributed by atoms with Gasteiger partial charge >= 0.3 is 11.9 Å². The van der Waals surface area contributed by atoms with Gasteiger partial charge in [-0.1, -0.05) is 11.6 Å². The van der Waals surface area contributed by atoms with Crippen molar-refractivity contribution in [2.24, 2.45) is 10.7 Å². The molecule has 1 atom stereocenters. The fourth-order valence-corrected chi connectivity index (χ4v) is 2.49. The van der Waals surface area contributed by atoms with Crippen LogP contribution in [-0.4, -0.2) is 29.1 Å². The number of rotatable bonds is 4. The number of ether oxygens (including phenoxy) is 1. The van der Waals surface area contributed by atoms with Crippen LogP contribution in [0.25, 0.3) is 0 Å². The Labute approximate surface area is 147 Å². The van der Waals surface area contributed by atoms with Gasteiger partial charge in [-0.25, -0.2) is 4.99 Å². The number of halogens is 4. The molecular formula is C12H9ClF3N5O5. The number of alkyl halides is 3. The van der Waals surface area contributed by atoms with Crippen LogP contribution in [0, 0.1) is 20.2 Å². The van der Waals surface area contributed by atoms with Gasteiger partial charge in [-0.15, -0.1) is 0 Å². The first-order chi connectivity index (χ1) is 12.0. The van der Waals surface area contributed by atoms with Crippen molar-refractivity contribution in [1.82, 2.24) is 0 Å². The highest BCUT2D eigenvalue weighted by atomic mass is 35.5. The number of aliphatic imine (C=N–C) groups is 1. The van der Waals surface area contributed by atoms with Gasteiger partial charge < -0.3 is 10.5 Å². The van der Waals surface area contributed by atoms with E-state index in [4.69, 9.17) is 22.1 Å². The largest absolute Gasteiger partial charge is 0.418 e. The Morgan fingerprint density at radius 1 is 1.31 bits per heavy atom. The summed E-state index contributed by atoms with van der Waals surface area (Å²) in [7, 11) is 1.06. The van der Waals surface area contributed by atoms with Gasteiger partial charge in [0.15, 0.2) is 0 Å². The fraction of sp³-hybridized carbons (Fsp3) is 0.250. The zero-order chi connectivity index (χ0) is 19.8. The lowest BCUT2D eigenvalue weighted by Crippen LogP contribution is -2.40. The smallest absolute Gasteiger partial charge is 0.384 e. The van der Waals surface area contributed by atoms with Crippen LogP contribution >= 0.6 is 11.6 Å². The second-order valence-electron chi connectivity index (χ2n) is 4.83. The van der Waals surface area contributed by atoms with Crippen LogP contribution in [0.15, 0.2) is 28.4 Å². The molecule has 14 heteroatoms. The van der Waals surface area contributed by atoms with Gasteiger partial charge in [0.2, 0.25) is 6.35 Å². The minimum atomic E-state index is -5.17. The molecule has 2 rings (SSSR count). The molecule has 0 amide bonds. The molecule has 0 fully saturated rings.